The minimum atomic E-state index is -0.745. The van der Waals surface area contributed by atoms with Crippen LogP contribution in [0.3, 0.4) is 0 Å². The van der Waals surface area contributed by atoms with Gasteiger partial charge < -0.3 is 15.2 Å². The van der Waals surface area contributed by atoms with Crippen molar-refractivity contribution < 1.29 is 14.6 Å². The molecule has 0 spiro atoms. The Morgan fingerprint density at radius 1 is 1.37 bits per heavy atom. The highest BCUT2D eigenvalue weighted by Crippen LogP contribution is 2.10. The van der Waals surface area contributed by atoms with Crippen molar-refractivity contribution in [3.05, 3.63) is 35.4 Å². The van der Waals surface area contributed by atoms with Gasteiger partial charge in [-0.25, -0.2) is 0 Å². The predicted molar refractivity (Wildman–Crippen MR) is 74.9 cm³/mol. The van der Waals surface area contributed by atoms with Crippen molar-refractivity contribution in [1.29, 1.82) is 0 Å². The maximum Gasteiger partial charge on any atom is 0.303 e. The van der Waals surface area contributed by atoms with E-state index in [9.17, 15) is 4.79 Å². The average Bonchev–Trinajstić information content (AvgIpc) is 2.41. The van der Waals surface area contributed by atoms with Crippen molar-refractivity contribution >= 4 is 5.97 Å². The molecule has 0 bridgehead atoms. The van der Waals surface area contributed by atoms with Crippen LogP contribution in [0, 0.1) is 0 Å². The van der Waals surface area contributed by atoms with Crippen molar-refractivity contribution in [3.63, 3.8) is 0 Å². The van der Waals surface area contributed by atoms with E-state index >= 15 is 0 Å². The summed E-state index contributed by atoms with van der Waals surface area (Å²) < 4.78 is 5.44. The van der Waals surface area contributed by atoms with E-state index in [0.717, 1.165) is 6.54 Å². The molecule has 1 rings (SSSR count). The molecule has 4 nitrogen and oxygen atoms in total. The molecule has 1 unspecified atom stereocenters. The molecule has 0 heterocycles. The molecule has 0 aromatic heterocycles. The molecule has 0 amide bonds. The van der Waals surface area contributed by atoms with Gasteiger partial charge in [0.2, 0.25) is 0 Å². The third-order valence-corrected chi connectivity index (χ3v) is 3.01. The van der Waals surface area contributed by atoms with E-state index in [1.54, 1.807) is 0 Å². The van der Waals surface area contributed by atoms with E-state index in [2.05, 4.69) is 17.4 Å². The summed E-state index contributed by atoms with van der Waals surface area (Å²) in [4.78, 5) is 10.5. The summed E-state index contributed by atoms with van der Waals surface area (Å²) in [5.74, 6) is -0.745. The monoisotopic (exact) mass is 265 g/mol. The van der Waals surface area contributed by atoms with Gasteiger partial charge in [0.15, 0.2) is 0 Å². The van der Waals surface area contributed by atoms with E-state index in [-0.39, 0.29) is 12.5 Å². The molecule has 0 fully saturated rings. The van der Waals surface area contributed by atoms with Gasteiger partial charge >= 0.3 is 5.97 Å². The molecule has 0 radical (unpaired) electrons. The van der Waals surface area contributed by atoms with Crippen molar-refractivity contribution in [2.75, 3.05) is 6.61 Å². The van der Waals surface area contributed by atoms with Crippen LogP contribution >= 0.6 is 0 Å². The van der Waals surface area contributed by atoms with Crippen LogP contribution < -0.4 is 5.32 Å². The first kappa shape index (κ1) is 15.7. The number of aliphatic carboxylic acids is 1. The second kappa shape index (κ2) is 8.67. The number of carboxylic acids is 1. The molecule has 0 aliphatic rings. The first-order valence-electron chi connectivity index (χ1n) is 6.73. The number of hydrogen-bond donors (Lipinski definition) is 2. The average molecular weight is 265 g/mol. The second-order valence-electron chi connectivity index (χ2n) is 4.62. The van der Waals surface area contributed by atoms with Crippen LogP contribution in [0.2, 0.25) is 0 Å². The third-order valence-electron chi connectivity index (χ3n) is 3.01. The maximum absolute atomic E-state index is 10.5. The second-order valence-corrected chi connectivity index (χ2v) is 4.62. The van der Waals surface area contributed by atoms with Crippen molar-refractivity contribution in [3.8, 4) is 0 Å². The minimum Gasteiger partial charge on any atom is -0.481 e. The normalized spacial score (nSPS) is 12.3. The number of ether oxygens (including phenoxy) is 1. The third kappa shape index (κ3) is 6.36. The van der Waals surface area contributed by atoms with Crippen LogP contribution in [0.5, 0.6) is 0 Å². The number of hydrogen-bond acceptors (Lipinski definition) is 3. The van der Waals surface area contributed by atoms with Gasteiger partial charge in [-0.1, -0.05) is 24.3 Å². The zero-order valence-electron chi connectivity index (χ0n) is 11.7. The summed E-state index contributed by atoms with van der Waals surface area (Å²) in [7, 11) is 0. The van der Waals surface area contributed by atoms with Gasteiger partial charge in [0.25, 0.3) is 0 Å². The fourth-order valence-electron chi connectivity index (χ4n) is 1.81. The fraction of sp³-hybridized carbons (Fsp3) is 0.533. The van der Waals surface area contributed by atoms with E-state index in [1.165, 1.54) is 11.1 Å². The van der Waals surface area contributed by atoms with Crippen molar-refractivity contribution in [1.82, 2.24) is 5.32 Å². The number of carboxylic acid groups (broad SMARTS) is 1. The summed E-state index contributed by atoms with van der Waals surface area (Å²) >= 11 is 0. The smallest absolute Gasteiger partial charge is 0.303 e. The number of carbonyl (C=O) groups is 1. The zero-order chi connectivity index (χ0) is 14.1. The summed E-state index contributed by atoms with van der Waals surface area (Å²) in [5, 5.41) is 12.0. The van der Waals surface area contributed by atoms with E-state index in [0.29, 0.717) is 19.6 Å². The molecular formula is C15H23NO3. The summed E-state index contributed by atoms with van der Waals surface area (Å²) in [6.45, 7) is 6.06. The molecule has 1 aromatic rings. The lowest BCUT2D eigenvalue weighted by Gasteiger charge is -2.15. The van der Waals surface area contributed by atoms with Gasteiger partial charge in [0, 0.05) is 25.6 Å². The molecule has 0 saturated heterocycles. The summed E-state index contributed by atoms with van der Waals surface area (Å²) in [6.07, 6.45) is 0.845. The number of benzene rings is 1. The predicted octanol–water partition coefficient (Wildman–Crippen LogP) is 2.57. The zero-order valence-corrected chi connectivity index (χ0v) is 11.7. The van der Waals surface area contributed by atoms with Crippen LogP contribution in [-0.4, -0.2) is 23.7 Å². The molecular weight excluding hydrogens is 242 g/mol. The van der Waals surface area contributed by atoms with Gasteiger partial charge in [-0.05, 0) is 31.4 Å². The van der Waals surface area contributed by atoms with E-state index in [1.807, 2.05) is 26.0 Å². The molecule has 0 aliphatic heterocycles. The van der Waals surface area contributed by atoms with Gasteiger partial charge in [0.05, 0.1) is 6.61 Å². The first-order valence-corrected chi connectivity index (χ1v) is 6.73. The van der Waals surface area contributed by atoms with Crippen LogP contribution in [0.15, 0.2) is 24.3 Å². The SMILES string of the molecule is CCOCc1ccccc1CNC(C)CCC(=O)O. The lowest BCUT2D eigenvalue weighted by molar-refractivity contribution is -0.137. The van der Waals surface area contributed by atoms with Crippen LogP contribution in [0.4, 0.5) is 0 Å². The summed E-state index contributed by atoms with van der Waals surface area (Å²) in [6, 6.07) is 8.34. The highest BCUT2D eigenvalue weighted by molar-refractivity contribution is 5.66. The lowest BCUT2D eigenvalue weighted by Crippen LogP contribution is -2.26. The Kier molecular flexibility index (Phi) is 7.15. The Hall–Kier alpha value is -1.39. The summed E-state index contributed by atoms with van der Waals surface area (Å²) in [5.41, 5.74) is 2.39. The van der Waals surface area contributed by atoms with Gasteiger partial charge in [0.1, 0.15) is 0 Å². The molecule has 1 aromatic carbocycles. The first-order chi connectivity index (χ1) is 9.13. The van der Waals surface area contributed by atoms with Crippen LogP contribution in [0.25, 0.3) is 0 Å². The number of rotatable bonds is 9. The molecule has 0 aliphatic carbocycles. The topological polar surface area (TPSA) is 58.6 Å². The Balaban J connectivity index is 2.45. The van der Waals surface area contributed by atoms with Gasteiger partial charge in [-0.15, -0.1) is 0 Å². The Morgan fingerprint density at radius 3 is 2.68 bits per heavy atom. The maximum atomic E-state index is 10.5. The number of nitrogens with one attached hydrogen (secondary N) is 1. The highest BCUT2D eigenvalue weighted by Gasteiger charge is 2.07. The Morgan fingerprint density at radius 2 is 2.05 bits per heavy atom. The molecule has 4 heteroatoms. The lowest BCUT2D eigenvalue weighted by atomic mass is 10.1. The van der Waals surface area contributed by atoms with Crippen molar-refractivity contribution in [2.24, 2.45) is 0 Å². The molecule has 1 atom stereocenters. The molecule has 0 saturated carbocycles. The van der Waals surface area contributed by atoms with Gasteiger partial charge in [-0.3, -0.25) is 4.79 Å². The van der Waals surface area contributed by atoms with Crippen LogP contribution in [0.1, 0.15) is 37.8 Å². The van der Waals surface area contributed by atoms with Gasteiger partial charge in [-0.2, -0.15) is 0 Å². The quantitative estimate of drug-likeness (QED) is 0.720. The van der Waals surface area contributed by atoms with E-state index < -0.39 is 5.97 Å². The standard InChI is InChI=1S/C15H23NO3/c1-3-19-11-14-7-5-4-6-13(14)10-16-12(2)8-9-15(17)18/h4-7,12,16H,3,8-11H2,1-2H3,(H,17,18). The molecule has 106 valence electrons. The van der Waals surface area contributed by atoms with Crippen LogP contribution in [-0.2, 0) is 22.7 Å². The highest BCUT2D eigenvalue weighted by atomic mass is 16.5. The minimum absolute atomic E-state index is 0.191. The Labute approximate surface area is 114 Å². The fourth-order valence-corrected chi connectivity index (χ4v) is 1.81. The van der Waals surface area contributed by atoms with Crippen molar-refractivity contribution in [2.45, 2.75) is 45.9 Å². The van der Waals surface area contributed by atoms with E-state index in [4.69, 9.17) is 9.84 Å². The Bertz CT molecular complexity index is 393. The molecule has 2 N–H and O–H groups in total. The molecule has 19 heavy (non-hydrogen) atoms. The largest absolute Gasteiger partial charge is 0.481 e.